The van der Waals surface area contributed by atoms with Gasteiger partial charge in [0, 0.05) is 20.7 Å². The zero-order valence-electron chi connectivity index (χ0n) is 19.1. The van der Waals surface area contributed by atoms with Gasteiger partial charge >= 0.3 is 0 Å². The molecule has 7 rings (SSSR count). The highest BCUT2D eigenvalue weighted by Crippen LogP contribution is 2.36. The van der Waals surface area contributed by atoms with E-state index in [0.717, 1.165) is 39.0 Å². The Kier molecular flexibility index (Phi) is 4.54. The van der Waals surface area contributed by atoms with Crippen LogP contribution < -0.4 is 0 Å². The maximum absolute atomic E-state index is 5.07. The Balaban J connectivity index is 1.34. The first kappa shape index (κ1) is 20.1. The molecule has 0 bridgehead atoms. The van der Waals surface area contributed by atoms with Crippen molar-refractivity contribution in [3.05, 3.63) is 115 Å². The fraction of sp³-hybridized carbons (Fsp3) is 0.0323. The molecule has 4 heteroatoms. The first-order chi connectivity index (χ1) is 17.2. The molecular weight excluding hydrogens is 446 g/mol. The monoisotopic (exact) mass is 467 g/mol. The summed E-state index contributed by atoms with van der Waals surface area (Å²) in [5.74, 6) is 0.908. The van der Waals surface area contributed by atoms with Gasteiger partial charge in [-0.15, -0.1) is 11.3 Å². The predicted molar refractivity (Wildman–Crippen MR) is 147 cm³/mol. The van der Waals surface area contributed by atoms with Crippen molar-refractivity contribution in [2.24, 2.45) is 0 Å². The fourth-order valence-electron chi connectivity index (χ4n) is 4.69. The lowest BCUT2D eigenvalue weighted by Crippen LogP contribution is -1.97. The zero-order chi connectivity index (χ0) is 23.4. The average Bonchev–Trinajstić information content (AvgIpc) is 3.55. The van der Waals surface area contributed by atoms with Gasteiger partial charge < -0.3 is 0 Å². The molecule has 4 aromatic carbocycles. The summed E-state index contributed by atoms with van der Waals surface area (Å²) < 4.78 is 2.19. The third kappa shape index (κ3) is 3.34. The van der Waals surface area contributed by atoms with Gasteiger partial charge in [0.1, 0.15) is 11.5 Å². The minimum Gasteiger partial charge on any atom is -0.276 e. The van der Waals surface area contributed by atoms with Crippen LogP contribution in [0.15, 0.2) is 109 Å². The van der Waals surface area contributed by atoms with Gasteiger partial charge in [0.15, 0.2) is 0 Å². The van der Waals surface area contributed by atoms with E-state index in [1.807, 2.05) is 29.5 Å². The third-order valence-electron chi connectivity index (χ3n) is 6.51. The number of benzene rings is 4. The van der Waals surface area contributed by atoms with Crippen LogP contribution in [-0.4, -0.2) is 14.4 Å². The molecule has 0 radical (unpaired) electrons. The van der Waals surface area contributed by atoms with Crippen molar-refractivity contribution in [3.8, 4) is 32.3 Å². The number of aromatic nitrogens is 3. The highest BCUT2D eigenvalue weighted by Gasteiger charge is 2.15. The molecule has 0 atom stereocenters. The Morgan fingerprint density at radius 3 is 1.91 bits per heavy atom. The van der Waals surface area contributed by atoms with Crippen molar-refractivity contribution < 1.29 is 0 Å². The van der Waals surface area contributed by atoms with Gasteiger partial charge in [-0.25, -0.2) is 9.97 Å². The number of hydrogen-bond acceptors (Lipinski definition) is 3. The van der Waals surface area contributed by atoms with Gasteiger partial charge in [0.2, 0.25) is 0 Å². The van der Waals surface area contributed by atoms with E-state index in [0.29, 0.717) is 0 Å². The van der Waals surface area contributed by atoms with Gasteiger partial charge in [-0.05, 0) is 54.4 Å². The molecule has 0 saturated heterocycles. The van der Waals surface area contributed by atoms with Crippen molar-refractivity contribution >= 4 is 38.9 Å². The van der Waals surface area contributed by atoms with Gasteiger partial charge in [-0.3, -0.25) is 4.40 Å². The molecule has 3 heterocycles. The summed E-state index contributed by atoms with van der Waals surface area (Å²) in [6.45, 7) is 2.12. The van der Waals surface area contributed by atoms with Crippen molar-refractivity contribution in [2.45, 2.75) is 6.92 Å². The van der Waals surface area contributed by atoms with Crippen LogP contribution in [0.2, 0.25) is 0 Å². The van der Waals surface area contributed by atoms with Crippen molar-refractivity contribution in [1.82, 2.24) is 14.4 Å². The summed E-state index contributed by atoms with van der Waals surface area (Å²) >= 11 is 1.82. The van der Waals surface area contributed by atoms with Crippen LogP contribution in [0.1, 0.15) is 5.56 Å². The number of fused-ring (bicyclic) bond motifs is 5. The molecule has 0 aliphatic carbocycles. The second kappa shape index (κ2) is 7.90. The van der Waals surface area contributed by atoms with E-state index < -0.39 is 0 Å². The summed E-state index contributed by atoms with van der Waals surface area (Å²) in [5, 5.41) is 1.06. The van der Waals surface area contributed by atoms with E-state index in [-0.39, 0.29) is 0 Å². The molecule has 166 valence electrons. The number of rotatable bonds is 3. The molecule has 0 fully saturated rings. The van der Waals surface area contributed by atoms with Crippen LogP contribution in [0, 0.1) is 6.92 Å². The molecule has 0 aliphatic rings. The maximum Gasteiger partial charge on any atom is 0.149 e. The lowest BCUT2D eigenvalue weighted by atomic mass is 10.1. The summed E-state index contributed by atoms with van der Waals surface area (Å²) in [7, 11) is 0. The summed E-state index contributed by atoms with van der Waals surface area (Å²) in [5.41, 5.74) is 8.77. The number of hydrogen-bond donors (Lipinski definition) is 0. The van der Waals surface area contributed by atoms with Crippen LogP contribution in [0.4, 0.5) is 0 Å². The fourth-order valence-corrected chi connectivity index (χ4v) is 5.71. The number of para-hydroxylation sites is 3. The number of thiophene rings is 1. The lowest BCUT2D eigenvalue weighted by molar-refractivity contribution is 1.16. The minimum atomic E-state index is 0.908. The third-order valence-corrected chi connectivity index (χ3v) is 7.70. The summed E-state index contributed by atoms with van der Waals surface area (Å²) in [6.07, 6.45) is 0. The van der Waals surface area contributed by atoms with Gasteiger partial charge in [0.05, 0.1) is 16.6 Å². The first-order valence-corrected chi connectivity index (χ1v) is 12.5. The Labute approximate surface area is 207 Å². The van der Waals surface area contributed by atoms with E-state index in [4.69, 9.17) is 9.97 Å². The van der Waals surface area contributed by atoms with E-state index >= 15 is 0 Å². The van der Waals surface area contributed by atoms with Gasteiger partial charge in [-0.2, -0.15) is 0 Å². The van der Waals surface area contributed by atoms with Crippen molar-refractivity contribution in [3.63, 3.8) is 0 Å². The molecule has 0 saturated carbocycles. The maximum atomic E-state index is 5.07. The molecule has 0 amide bonds. The van der Waals surface area contributed by atoms with Crippen LogP contribution in [-0.2, 0) is 0 Å². The molecule has 3 aromatic heterocycles. The molecule has 35 heavy (non-hydrogen) atoms. The lowest BCUT2D eigenvalue weighted by Gasteiger charge is -2.09. The van der Waals surface area contributed by atoms with E-state index in [1.165, 1.54) is 26.4 Å². The van der Waals surface area contributed by atoms with Gasteiger partial charge in [-0.1, -0.05) is 78.4 Å². The molecule has 0 aliphatic heterocycles. The number of aryl methyl sites for hydroxylation is 1. The van der Waals surface area contributed by atoms with Crippen molar-refractivity contribution in [1.29, 1.82) is 0 Å². The smallest absolute Gasteiger partial charge is 0.149 e. The zero-order valence-corrected chi connectivity index (χ0v) is 20.0. The second-order valence-electron chi connectivity index (χ2n) is 8.82. The SMILES string of the molecule is Cc1ccc(-c2ccc(-c3ccc(-c4nc5ccccc5c5nc6ccccc6n45)cc3)s2)cc1. The molecule has 7 aromatic rings. The quantitative estimate of drug-likeness (QED) is 0.261. The van der Waals surface area contributed by atoms with Crippen LogP contribution >= 0.6 is 11.3 Å². The highest BCUT2D eigenvalue weighted by molar-refractivity contribution is 7.18. The standard InChI is InChI=1S/C31H21N3S/c1-20-10-12-21(13-11-20)28-18-19-29(35-28)22-14-16-23(17-15-22)30-32-25-7-3-2-6-24(25)31-33-26-8-4-5-9-27(26)34(30)31/h2-19H,1H3. The van der Waals surface area contributed by atoms with Crippen LogP contribution in [0.5, 0.6) is 0 Å². The highest BCUT2D eigenvalue weighted by atomic mass is 32.1. The minimum absolute atomic E-state index is 0.908. The number of imidazole rings is 1. The Hall–Kier alpha value is -4.28. The van der Waals surface area contributed by atoms with E-state index in [9.17, 15) is 0 Å². The normalized spacial score (nSPS) is 11.6. The summed E-state index contributed by atoms with van der Waals surface area (Å²) in [6, 6.07) is 38.4. The molecule has 0 spiro atoms. The van der Waals surface area contributed by atoms with Gasteiger partial charge in [0.25, 0.3) is 0 Å². The molecule has 0 N–H and O–H groups in total. The van der Waals surface area contributed by atoms with E-state index in [1.54, 1.807) is 0 Å². The largest absolute Gasteiger partial charge is 0.276 e. The summed E-state index contributed by atoms with van der Waals surface area (Å²) in [4.78, 5) is 12.6. The second-order valence-corrected chi connectivity index (χ2v) is 9.90. The Bertz CT molecular complexity index is 1840. The average molecular weight is 468 g/mol. The topological polar surface area (TPSA) is 30.2 Å². The molecular formula is C31H21N3S. The Morgan fingerprint density at radius 2 is 1.17 bits per heavy atom. The van der Waals surface area contributed by atoms with Crippen molar-refractivity contribution in [2.75, 3.05) is 0 Å². The number of nitrogens with zero attached hydrogens (tertiary/aromatic N) is 3. The Morgan fingerprint density at radius 1 is 0.571 bits per heavy atom. The van der Waals surface area contributed by atoms with Crippen LogP contribution in [0.25, 0.3) is 59.9 Å². The molecule has 0 unspecified atom stereocenters. The molecule has 3 nitrogen and oxygen atoms in total. The first-order valence-electron chi connectivity index (χ1n) is 11.7. The van der Waals surface area contributed by atoms with E-state index in [2.05, 4.69) is 102 Å². The van der Waals surface area contributed by atoms with Crippen LogP contribution in [0.3, 0.4) is 0 Å². The predicted octanol–water partition coefficient (Wildman–Crippen LogP) is 8.41.